The molecule has 0 unspecified atom stereocenters. The maximum Gasteiger partial charge on any atom is 0.237 e. The molecule has 0 spiro atoms. The van der Waals surface area contributed by atoms with E-state index in [2.05, 4.69) is 16.0 Å². The third kappa shape index (κ3) is 3.49. The number of nitriles is 1. The fourth-order valence-electron chi connectivity index (χ4n) is 3.82. The van der Waals surface area contributed by atoms with Crippen LogP contribution in [0.5, 0.6) is 5.88 Å². The van der Waals surface area contributed by atoms with Gasteiger partial charge in [0, 0.05) is 37.3 Å². The third-order valence-corrected chi connectivity index (χ3v) is 5.20. The van der Waals surface area contributed by atoms with Gasteiger partial charge in [-0.25, -0.2) is 4.98 Å². The van der Waals surface area contributed by atoms with Crippen LogP contribution in [-0.2, 0) is 4.79 Å². The Bertz CT molecular complexity index is 847. The minimum atomic E-state index is -0.251. The van der Waals surface area contributed by atoms with E-state index in [1.54, 1.807) is 4.90 Å². The highest BCUT2D eigenvalue weighted by Gasteiger charge is 2.32. The van der Waals surface area contributed by atoms with Gasteiger partial charge in [0.2, 0.25) is 11.8 Å². The van der Waals surface area contributed by atoms with E-state index in [0.29, 0.717) is 25.5 Å². The van der Waals surface area contributed by atoms with Crippen molar-refractivity contribution in [1.29, 1.82) is 5.26 Å². The molecule has 6 nitrogen and oxygen atoms in total. The summed E-state index contributed by atoms with van der Waals surface area (Å²) < 4.78 is 6.03. The summed E-state index contributed by atoms with van der Waals surface area (Å²) in [6, 6.07) is 12.0. The predicted molar refractivity (Wildman–Crippen MR) is 97.6 cm³/mol. The van der Waals surface area contributed by atoms with Gasteiger partial charge >= 0.3 is 0 Å². The van der Waals surface area contributed by atoms with Gasteiger partial charge in [0.1, 0.15) is 12.1 Å². The van der Waals surface area contributed by atoms with Gasteiger partial charge in [0.25, 0.3) is 0 Å². The van der Waals surface area contributed by atoms with E-state index in [1.165, 1.54) is 0 Å². The molecule has 2 aliphatic rings. The van der Waals surface area contributed by atoms with Gasteiger partial charge in [-0.05, 0) is 24.6 Å². The number of aromatic nitrogens is 1. The molecular weight excluding hydrogens is 328 g/mol. The first-order chi connectivity index (χ1) is 12.7. The zero-order valence-electron chi connectivity index (χ0n) is 14.7. The lowest BCUT2D eigenvalue weighted by Gasteiger charge is -2.23. The van der Waals surface area contributed by atoms with E-state index in [1.807, 2.05) is 36.5 Å². The van der Waals surface area contributed by atoms with E-state index in [4.69, 9.17) is 10.00 Å². The van der Waals surface area contributed by atoms with Crippen LogP contribution < -0.4 is 4.74 Å². The van der Waals surface area contributed by atoms with Crippen LogP contribution >= 0.6 is 0 Å². The van der Waals surface area contributed by atoms with Gasteiger partial charge in [0.15, 0.2) is 0 Å². The van der Waals surface area contributed by atoms with Crippen molar-refractivity contribution in [2.45, 2.75) is 31.4 Å². The quantitative estimate of drug-likeness (QED) is 0.845. The number of amides is 1. The number of benzene rings is 1. The molecule has 1 amide bonds. The van der Waals surface area contributed by atoms with Crippen LogP contribution in [0.25, 0.3) is 10.8 Å². The van der Waals surface area contributed by atoms with Gasteiger partial charge in [-0.1, -0.05) is 24.3 Å². The minimum Gasteiger partial charge on any atom is -0.473 e. The van der Waals surface area contributed by atoms with Crippen molar-refractivity contribution in [2.24, 2.45) is 0 Å². The van der Waals surface area contributed by atoms with Crippen LogP contribution in [0.4, 0.5) is 0 Å². The first-order valence-electron chi connectivity index (χ1n) is 9.16. The second kappa shape index (κ2) is 7.30. The summed E-state index contributed by atoms with van der Waals surface area (Å²) in [6.45, 7) is 2.61. The molecule has 4 rings (SSSR count). The Labute approximate surface area is 153 Å². The van der Waals surface area contributed by atoms with E-state index < -0.39 is 0 Å². The van der Waals surface area contributed by atoms with E-state index in [-0.39, 0.29) is 18.1 Å². The number of carbonyl (C=O) groups excluding carboxylic acids is 1. The lowest BCUT2D eigenvalue weighted by molar-refractivity contribution is -0.132. The molecule has 2 fully saturated rings. The Morgan fingerprint density at radius 2 is 2.12 bits per heavy atom. The molecule has 0 radical (unpaired) electrons. The lowest BCUT2D eigenvalue weighted by atomic mass is 10.2. The molecule has 0 N–H and O–H groups in total. The van der Waals surface area contributed by atoms with Crippen molar-refractivity contribution >= 4 is 16.7 Å². The summed E-state index contributed by atoms with van der Waals surface area (Å²) in [5.41, 5.74) is 0. The summed E-state index contributed by atoms with van der Waals surface area (Å²) in [5, 5.41) is 11.3. The molecule has 1 aromatic heterocycles. The smallest absolute Gasteiger partial charge is 0.237 e. The maximum absolute atomic E-state index is 12.5. The summed E-state index contributed by atoms with van der Waals surface area (Å²) in [4.78, 5) is 20.7. The first kappa shape index (κ1) is 16.8. The Balaban J connectivity index is 1.33. The summed E-state index contributed by atoms with van der Waals surface area (Å²) in [7, 11) is 0. The number of hydrogen-bond donors (Lipinski definition) is 0. The molecule has 134 valence electrons. The van der Waals surface area contributed by atoms with Crippen LogP contribution in [0, 0.1) is 11.3 Å². The number of hydrogen-bond acceptors (Lipinski definition) is 5. The molecule has 0 aliphatic carbocycles. The zero-order valence-corrected chi connectivity index (χ0v) is 14.7. The molecule has 2 aliphatic heterocycles. The molecule has 0 bridgehead atoms. The van der Waals surface area contributed by atoms with Gasteiger partial charge in [0.05, 0.1) is 12.6 Å². The average Bonchev–Trinajstić information content (AvgIpc) is 3.30. The number of likely N-dealkylation sites (tertiary alicyclic amines) is 2. The monoisotopic (exact) mass is 350 g/mol. The van der Waals surface area contributed by atoms with Crippen LogP contribution in [-0.4, -0.2) is 59.0 Å². The molecule has 1 aromatic carbocycles. The third-order valence-electron chi connectivity index (χ3n) is 5.20. The van der Waals surface area contributed by atoms with Gasteiger partial charge < -0.3 is 9.64 Å². The van der Waals surface area contributed by atoms with Crippen molar-refractivity contribution < 1.29 is 9.53 Å². The number of ether oxygens (including phenoxy) is 1. The zero-order chi connectivity index (χ0) is 17.9. The number of carbonyl (C=O) groups is 1. The normalized spacial score (nSPS) is 23.3. The summed E-state index contributed by atoms with van der Waals surface area (Å²) in [6.07, 6.45) is 4.46. The fraction of sp³-hybridized carbons (Fsp3) is 0.450. The topological polar surface area (TPSA) is 69.5 Å². The van der Waals surface area contributed by atoms with Crippen LogP contribution in [0.2, 0.25) is 0 Å². The Hall–Kier alpha value is -2.65. The van der Waals surface area contributed by atoms with Crippen molar-refractivity contribution in [3.8, 4) is 11.9 Å². The van der Waals surface area contributed by atoms with Crippen molar-refractivity contribution in [2.75, 3.05) is 26.2 Å². The first-order valence-corrected chi connectivity index (χ1v) is 9.16. The van der Waals surface area contributed by atoms with E-state index in [0.717, 1.165) is 36.6 Å². The van der Waals surface area contributed by atoms with Crippen molar-refractivity contribution in [3.63, 3.8) is 0 Å². The maximum atomic E-state index is 12.5. The predicted octanol–water partition coefficient (Wildman–Crippen LogP) is 2.20. The molecule has 2 atom stereocenters. The van der Waals surface area contributed by atoms with Crippen LogP contribution in [0.1, 0.15) is 19.3 Å². The second-order valence-electron chi connectivity index (χ2n) is 7.01. The average molecular weight is 350 g/mol. The summed E-state index contributed by atoms with van der Waals surface area (Å²) in [5.74, 6) is 0.685. The second-order valence-corrected chi connectivity index (χ2v) is 7.01. The SMILES string of the molecule is N#C[C@@H]1CCCN1C(=O)CN1CC[C@H](Oc2cc3ccccc3cn2)C1. The Morgan fingerprint density at radius 3 is 2.96 bits per heavy atom. The molecule has 3 heterocycles. The molecule has 2 aromatic rings. The minimum absolute atomic E-state index is 0.0433. The highest BCUT2D eigenvalue weighted by molar-refractivity contribution is 5.82. The van der Waals surface area contributed by atoms with Gasteiger partial charge in [-0.2, -0.15) is 5.26 Å². The highest BCUT2D eigenvalue weighted by Crippen LogP contribution is 2.22. The molecule has 0 saturated carbocycles. The fourth-order valence-corrected chi connectivity index (χ4v) is 3.82. The summed E-state index contributed by atoms with van der Waals surface area (Å²) >= 11 is 0. The van der Waals surface area contributed by atoms with Gasteiger partial charge in [-0.3, -0.25) is 9.69 Å². The van der Waals surface area contributed by atoms with E-state index in [9.17, 15) is 4.79 Å². The number of fused-ring (bicyclic) bond motifs is 1. The van der Waals surface area contributed by atoms with Crippen molar-refractivity contribution in [3.05, 3.63) is 36.5 Å². The number of nitrogens with zero attached hydrogens (tertiary/aromatic N) is 4. The molecule has 6 heteroatoms. The highest BCUT2D eigenvalue weighted by atomic mass is 16.5. The molecule has 26 heavy (non-hydrogen) atoms. The molecule has 2 saturated heterocycles. The largest absolute Gasteiger partial charge is 0.473 e. The number of pyridine rings is 1. The van der Waals surface area contributed by atoms with Crippen LogP contribution in [0.3, 0.4) is 0 Å². The van der Waals surface area contributed by atoms with Gasteiger partial charge in [-0.15, -0.1) is 0 Å². The Kier molecular flexibility index (Phi) is 4.72. The number of rotatable bonds is 4. The molecular formula is C20H22N4O2. The van der Waals surface area contributed by atoms with E-state index >= 15 is 0 Å². The Morgan fingerprint density at radius 1 is 1.27 bits per heavy atom. The van der Waals surface area contributed by atoms with Crippen LogP contribution in [0.15, 0.2) is 36.5 Å². The van der Waals surface area contributed by atoms with Crippen molar-refractivity contribution in [1.82, 2.24) is 14.8 Å². The lowest BCUT2D eigenvalue weighted by Crippen LogP contribution is -2.42. The standard InChI is InChI=1S/C20H22N4O2/c21-11-17-6-3-8-24(17)20(25)14-23-9-7-18(13-23)26-19-10-15-4-1-2-5-16(15)12-22-19/h1-2,4-5,10,12,17-18H,3,6-9,13-14H2/t17-,18-/m0/s1.